The van der Waals surface area contributed by atoms with Crippen LogP contribution in [0.15, 0.2) is 28.5 Å². The van der Waals surface area contributed by atoms with Crippen LogP contribution >= 0.6 is 11.8 Å². The summed E-state index contributed by atoms with van der Waals surface area (Å²) in [7, 11) is 0. The van der Waals surface area contributed by atoms with Gasteiger partial charge in [0, 0.05) is 12.3 Å². The second kappa shape index (κ2) is 4.55. The second-order valence-corrected chi connectivity index (χ2v) is 2.63. The summed E-state index contributed by atoms with van der Waals surface area (Å²) in [4.78, 5) is 17.4. The molecule has 2 N–H and O–H groups in total. The third-order valence-corrected chi connectivity index (χ3v) is 1.63. The first-order valence-corrected chi connectivity index (χ1v) is 4.42. The number of rotatable bonds is 1. The Balaban J connectivity index is 3.31. The van der Waals surface area contributed by atoms with E-state index in [-0.39, 0.29) is 5.56 Å². The lowest BCUT2D eigenvalue weighted by Crippen LogP contribution is -2.00. The van der Waals surface area contributed by atoms with Crippen molar-refractivity contribution in [1.82, 2.24) is 20.2 Å². The molecule has 0 fully saturated rings. The third-order valence-electron chi connectivity index (χ3n) is 1.04. The Morgan fingerprint density at radius 3 is 3.17 bits per heavy atom. The maximum atomic E-state index is 11.0. The van der Waals surface area contributed by atoms with Gasteiger partial charge in [0.1, 0.15) is 6.33 Å². The molecule has 0 unspecified atom stereocenters. The van der Waals surface area contributed by atoms with E-state index in [9.17, 15) is 4.79 Å². The Hall–Kier alpha value is -1.30. The van der Waals surface area contributed by atoms with E-state index >= 15 is 0 Å². The molecule has 0 radical (unpaired) electrons. The fourth-order valence-corrected chi connectivity index (χ4v) is 0.909. The third kappa shape index (κ3) is 2.75. The topological polar surface area (TPSA) is 74.4 Å². The van der Waals surface area contributed by atoms with Crippen molar-refractivity contribution in [1.29, 1.82) is 0 Å². The zero-order valence-electron chi connectivity index (χ0n) is 6.44. The summed E-state index contributed by atoms with van der Waals surface area (Å²) in [5.74, 6) is 0. The van der Waals surface area contributed by atoms with Crippen LogP contribution in [0.1, 0.15) is 0 Å². The van der Waals surface area contributed by atoms with E-state index in [0.717, 1.165) is 0 Å². The molecule has 12 heavy (non-hydrogen) atoms. The molecule has 1 aromatic rings. The van der Waals surface area contributed by atoms with Gasteiger partial charge in [0.2, 0.25) is 0 Å². The number of nitrogens with one attached hydrogen (secondary N) is 2. The molecule has 0 saturated heterocycles. The number of aromatic amines is 2. The van der Waals surface area contributed by atoms with Crippen molar-refractivity contribution in [2.75, 3.05) is 6.26 Å². The van der Waals surface area contributed by atoms with E-state index < -0.39 is 0 Å². The summed E-state index contributed by atoms with van der Waals surface area (Å²) >= 11 is 1.35. The van der Waals surface area contributed by atoms with E-state index in [2.05, 4.69) is 20.2 Å². The molecule has 1 rings (SSSR count). The van der Waals surface area contributed by atoms with Gasteiger partial charge in [0.25, 0.3) is 5.56 Å². The number of hydrogen-bond donors (Lipinski definition) is 2. The van der Waals surface area contributed by atoms with Crippen LogP contribution < -0.4 is 5.56 Å². The summed E-state index contributed by atoms with van der Waals surface area (Å²) < 4.78 is 0. The molecule has 0 saturated carbocycles. The molecule has 64 valence electrons. The van der Waals surface area contributed by atoms with Crippen LogP contribution in [0.3, 0.4) is 0 Å². The fourth-order valence-electron chi connectivity index (χ4n) is 0.554. The largest absolute Gasteiger partial charge is 0.301 e. The average molecular weight is 184 g/mol. The second-order valence-electron chi connectivity index (χ2n) is 1.83. The summed E-state index contributed by atoms with van der Waals surface area (Å²) in [5.41, 5.74) is -0.221. The molecule has 0 spiro atoms. The minimum absolute atomic E-state index is 0.221. The molecular weight excluding hydrogens is 176 g/mol. The highest BCUT2D eigenvalue weighted by atomic mass is 32.2. The Kier molecular flexibility index (Phi) is 3.34. The SMILES string of the molecule is CSc1ncn[nH]ccc(=O)[nH]1. The predicted molar refractivity (Wildman–Crippen MR) is 46.4 cm³/mol. The summed E-state index contributed by atoms with van der Waals surface area (Å²) in [6, 6.07) is 1.34. The smallest absolute Gasteiger partial charge is 0.251 e. The molecule has 0 aromatic carbocycles. The Labute approximate surface area is 73.0 Å². The van der Waals surface area contributed by atoms with Crippen LogP contribution in [-0.4, -0.2) is 26.4 Å². The Bertz CT molecular complexity index is 343. The van der Waals surface area contributed by atoms with Crippen LogP contribution in [0.4, 0.5) is 0 Å². The predicted octanol–water partition coefficient (Wildman–Crippen LogP) is 0.339. The van der Waals surface area contributed by atoms with Crippen LogP contribution in [0.5, 0.6) is 0 Å². The molecule has 6 heteroatoms. The number of aromatic nitrogens is 4. The van der Waals surface area contributed by atoms with Gasteiger partial charge in [-0.25, -0.2) is 4.98 Å². The summed E-state index contributed by atoms with van der Waals surface area (Å²) in [5, 5.41) is 6.71. The van der Waals surface area contributed by atoms with E-state index in [1.54, 1.807) is 0 Å². The van der Waals surface area contributed by atoms with E-state index in [4.69, 9.17) is 0 Å². The highest BCUT2D eigenvalue weighted by molar-refractivity contribution is 7.98. The van der Waals surface area contributed by atoms with Crippen molar-refractivity contribution in [3.05, 3.63) is 28.9 Å². The molecule has 0 atom stereocenters. The molecular formula is C6H8N4OS. The van der Waals surface area contributed by atoms with Crippen molar-refractivity contribution in [2.24, 2.45) is 0 Å². The molecule has 1 heterocycles. The molecule has 0 aliphatic rings. The Morgan fingerprint density at radius 1 is 1.58 bits per heavy atom. The number of thioether (sulfide) groups is 1. The first kappa shape index (κ1) is 8.79. The highest BCUT2D eigenvalue weighted by Gasteiger charge is 1.84. The van der Waals surface area contributed by atoms with E-state index in [1.165, 1.54) is 30.4 Å². The standard InChI is InChI=1S/C6H8N4OS/c1-12-6-7-4-9-8-3-2-5(11)10-6/h2-4,8H,1H3,(H,7,9,10,11). The van der Waals surface area contributed by atoms with Crippen molar-refractivity contribution in [3.8, 4) is 0 Å². The van der Waals surface area contributed by atoms with Gasteiger partial charge >= 0.3 is 0 Å². The van der Waals surface area contributed by atoms with Gasteiger partial charge in [0.15, 0.2) is 5.16 Å². The van der Waals surface area contributed by atoms with Gasteiger partial charge in [-0.2, -0.15) is 5.10 Å². The first-order valence-electron chi connectivity index (χ1n) is 3.19. The van der Waals surface area contributed by atoms with E-state index in [1.807, 2.05) is 6.26 Å². The number of hydrogen-bond acceptors (Lipinski definition) is 4. The Morgan fingerprint density at radius 2 is 2.42 bits per heavy atom. The zero-order chi connectivity index (χ0) is 8.81. The molecule has 0 aliphatic carbocycles. The normalized spacial score (nSPS) is 9.08. The summed E-state index contributed by atoms with van der Waals surface area (Å²) in [6.45, 7) is 0. The maximum absolute atomic E-state index is 11.0. The molecule has 1 aromatic heterocycles. The van der Waals surface area contributed by atoms with Gasteiger partial charge in [-0.15, -0.1) is 0 Å². The van der Waals surface area contributed by atoms with Crippen molar-refractivity contribution >= 4 is 11.8 Å². The summed E-state index contributed by atoms with van der Waals surface area (Å²) in [6.07, 6.45) is 4.59. The average Bonchev–Trinajstić information content (AvgIpc) is 2.16. The minimum atomic E-state index is -0.221. The molecule has 0 aliphatic heterocycles. The number of nitrogens with zero attached hydrogens (tertiary/aromatic N) is 2. The van der Waals surface area contributed by atoms with Gasteiger partial charge in [0.05, 0.1) is 0 Å². The first-order chi connectivity index (χ1) is 5.83. The van der Waals surface area contributed by atoms with Crippen molar-refractivity contribution in [3.63, 3.8) is 0 Å². The van der Waals surface area contributed by atoms with Crippen molar-refractivity contribution in [2.45, 2.75) is 5.16 Å². The lowest BCUT2D eigenvalue weighted by atomic mass is 10.7. The lowest BCUT2D eigenvalue weighted by Gasteiger charge is -1.85. The fraction of sp³-hybridized carbons (Fsp3) is 0.167. The maximum Gasteiger partial charge on any atom is 0.251 e. The highest BCUT2D eigenvalue weighted by Crippen LogP contribution is 2.00. The molecule has 0 bridgehead atoms. The monoisotopic (exact) mass is 184 g/mol. The van der Waals surface area contributed by atoms with Crippen LogP contribution in [-0.2, 0) is 0 Å². The number of H-pyrrole nitrogens is 2. The van der Waals surface area contributed by atoms with Gasteiger partial charge in [-0.1, -0.05) is 11.8 Å². The van der Waals surface area contributed by atoms with Gasteiger partial charge in [-0.3, -0.25) is 9.89 Å². The van der Waals surface area contributed by atoms with E-state index in [0.29, 0.717) is 5.16 Å². The zero-order valence-corrected chi connectivity index (χ0v) is 7.26. The molecule has 5 nitrogen and oxygen atoms in total. The van der Waals surface area contributed by atoms with Gasteiger partial charge < -0.3 is 4.98 Å². The van der Waals surface area contributed by atoms with Crippen LogP contribution in [0.25, 0.3) is 0 Å². The molecule has 0 amide bonds. The minimum Gasteiger partial charge on any atom is -0.301 e. The lowest BCUT2D eigenvalue weighted by molar-refractivity contribution is 0.929. The van der Waals surface area contributed by atoms with Gasteiger partial charge in [-0.05, 0) is 6.26 Å². The van der Waals surface area contributed by atoms with Crippen LogP contribution in [0, 0.1) is 0 Å². The quantitative estimate of drug-likeness (QED) is 0.617. The van der Waals surface area contributed by atoms with Crippen LogP contribution in [0.2, 0.25) is 0 Å². The van der Waals surface area contributed by atoms with Crippen molar-refractivity contribution < 1.29 is 0 Å².